The molecule has 2 rings (SSSR count). The molecule has 1 N–H and O–H groups in total. The third-order valence-corrected chi connectivity index (χ3v) is 4.49. The summed E-state index contributed by atoms with van der Waals surface area (Å²) in [6.07, 6.45) is 0.936. The fourth-order valence-corrected chi connectivity index (χ4v) is 2.97. The van der Waals surface area contributed by atoms with Crippen molar-refractivity contribution in [1.29, 1.82) is 0 Å². The first-order valence-electron chi connectivity index (χ1n) is 6.82. The second-order valence-corrected chi connectivity index (χ2v) is 5.62. The first-order chi connectivity index (χ1) is 9.69. The Morgan fingerprint density at radius 1 is 1.25 bits per heavy atom. The van der Waals surface area contributed by atoms with Gasteiger partial charge in [-0.05, 0) is 47.0 Å². The molecule has 0 unspecified atom stereocenters. The second-order valence-electron chi connectivity index (χ2n) is 4.56. The number of rotatable bonds is 6. The van der Waals surface area contributed by atoms with Gasteiger partial charge in [-0.3, -0.25) is 4.68 Å². The highest BCUT2D eigenvalue weighted by atomic mass is 79.9. The zero-order valence-corrected chi connectivity index (χ0v) is 14.1. The van der Waals surface area contributed by atoms with E-state index in [1.807, 2.05) is 16.8 Å². The lowest BCUT2D eigenvalue weighted by Crippen LogP contribution is -2.08. The molecule has 1 aromatic carbocycles. The molecule has 20 heavy (non-hydrogen) atoms. The van der Waals surface area contributed by atoms with Gasteiger partial charge in [0.15, 0.2) is 0 Å². The maximum absolute atomic E-state index is 5.79. The second kappa shape index (κ2) is 7.14. The highest BCUT2D eigenvalue weighted by molar-refractivity contribution is 9.10. The van der Waals surface area contributed by atoms with Gasteiger partial charge in [0.05, 0.1) is 22.4 Å². The lowest BCUT2D eigenvalue weighted by molar-refractivity contribution is 0.619. The molecule has 0 radical (unpaired) electrons. The number of hydrogen-bond donors (Lipinski definition) is 1. The summed E-state index contributed by atoms with van der Waals surface area (Å²) in [5.74, 6) is 0.550. The average molecular weight is 357 g/mol. The molecule has 0 saturated carbocycles. The van der Waals surface area contributed by atoms with Gasteiger partial charge in [-0.25, -0.2) is 0 Å². The van der Waals surface area contributed by atoms with E-state index in [0.717, 1.165) is 40.9 Å². The van der Waals surface area contributed by atoms with Crippen molar-refractivity contribution in [1.82, 2.24) is 9.78 Å². The molecule has 0 atom stereocenters. The predicted octanol–water partition coefficient (Wildman–Crippen LogP) is 4.58. The van der Waals surface area contributed by atoms with Crippen molar-refractivity contribution in [2.24, 2.45) is 0 Å². The molecule has 1 aromatic heterocycles. The molecule has 1 heterocycles. The van der Waals surface area contributed by atoms with Crippen molar-refractivity contribution in [3.8, 4) is 0 Å². The van der Waals surface area contributed by atoms with E-state index in [2.05, 4.69) is 52.3 Å². The van der Waals surface area contributed by atoms with Crippen LogP contribution in [0.5, 0.6) is 0 Å². The molecule has 108 valence electrons. The highest BCUT2D eigenvalue weighted by Crippen LogP contribution is 2.23. The Balaban J connectivity index is 2.11. The van der Waals surface area contributed by atoms with E-state index < -0.39 is 0 Å². The number of anilines is 1. The summed E-state index contributed by atoms with van der Waals surface area (Å²) in [4.78, 5) is 0. The van der Waals surface area contributed by atoms with Gasteiger partial charge in [0.2, 0.25) is 0 Å². The summed E-state index contributed by atoms with van der Waals surface area (Å²) >= 11 is 9.45. The number of nitrogens with zero attached hydrogens (tertiary/aromatic N) is 2. The van der Waals surface area contributed by atoms with E-state index >= 15 is 0 Å². The third kappa shape index (κ3) is 3.36. The van der Waals surface area contributed by atoms with Crippen LogP contribution in [-0.4, -0.2) is 9.78 Å². The molecule has 0 spiro atoms. The van der Waals surface area contributed by atoms with Crippen LogP contribution in [0.15, 0.2) is 28.7 Å². The van der Waals surface area contributed by atoms with Crippen LogP contribution in [-0.2, 0) is 25.4 Å². The zero-order chi connectivity index (χ0) is 14.5. The summed E-state index contributed by atoms with van der Waals surface area (Å²) in [5.41, 5.74) is 4.52. The van der Waals surface area contributed by atoms with Gasteiger partial charge in [-0.15, -0.1) is 11.6 Å². The molecule has 2 aromatic rings. The van der Waals surface area contributed by atoms with Crippen LogP contribution in [0.25, 0.3) is 0 Å². The minimum atomic E-state index is 0.550. The molecule has 0 fully saturated rings. The topological polar surface area (TPSA) is 29.9 Å². The number of aryl methyl sites for hydroxylation is 2. The quantitative estimate of drug-likeness (QED) is 0.768. The van der Waals surface area contributed by atoms with Gasteiger partial charge >= 0.3 is 0 Å². The van der Waals surface area contributed by atoms with Crippen molar-refractivity contribution in [2.45, 2.75) is 39.2 Å². The third-order valence-electron chi connectivity index (χ3n) is 3.26. The van der Waals surface area contributed by atoms with Gasteiger partial charge in [-0.1, -0.05) is 19.1 Å². The minimum Gasteiger partial charge on any atom is -0.379 e. The summed E-state index contributed by atoms with van der Waals surface area (Å²) in [7, 11) is 0. The number of aromatic nitrogens is 2. The summed E-state index contributed by atoms with van der Waals surface area (Å²) < 4.78 is 3.16. The molecule has 0 saturated heterocycles. The van der Waals surface area contributed by atoms with E-state index in [1.54, 1.807) is 0 Å². The largest absolute Gasteiger partial charge is 0.379 e. The highest BCUT2D eigenvalue weighted by Gasteiger charge is 2.13. The molecule has 0 amide bonds. The number of benzene rings is 1. The number of hydrogen-bond acceptors (Lipinski definition) is 2. The Bertz CT molecular complexity index is 563. The summed E-state index contributed by atoms with van der Waals surface area (Å²) in [6, 6.07) is 8.19. The molecular weight excluding hydrogens is 338 g/mol. The van der Waals surface area contributed by atoms with Crippen molar-refractivity contribution < 1.29 is 0 Å². The Labute approximate surface area is 133 Å². The summed E-state index contributed by atoms with van der Waals surface area (Å²) in [6.45, 7) is 5.86. The van der Waals surface area contributed by atoms with E-state index in [9.17, 15) is 0 Å². The fraction of sp³-hybridized carbons (Fsp3) is 0.400. The first-order valence-corrected chi connectivity index (χ1v) is 8.15. The molecule has 0 aliphatic heterocycles. The number of nitrogens with one attached hydrogen (secondary N) is 1. The van der Waals surface area contributed by atoms with E-state index in [-0.39, 0.29) is 0 Å². The molecule has 0 aliphatic carbocycles. The molecule has 3 nitrogen and oxygen atoms in total. The maximum atomic E-state index is 5.79. The Morgan fingerprint density at radius 2 is 1.95 bits per heavy atom. The van der Waals surface area contributed by atoms with Crippen LogP contribution in [0.4, 0.5) is 5.69 Å². The lowest BCUT2D eigenvalue weighted by atomic mass is 10.2. The predicted molar refractivity (Wildman–Crippen MR) is 88.3 cm³/mol. The van der Waals surface area contributed by atoms with E-state index in [0.29, 0.717) is 5.88 Å². The fourth-order valence-electron chi connectivity index (χ4n) is 2.08. The Kier molecular flexibility index (Phi) is 5.49. The van der Waals surface area contributed by atoms with Crippen LogP contribution in [0.1, 0.15) is 30.8 Å². The van der Waals surface area contributed by atoms with Crippen molar-refractivity contribution in [2.75, 3.05) is 5.32 Å². The summed E-state index contributed by atoms with van der Waals surface area (Å²) in [5, 5.41) is 8.03. The van der Waals surface area contributed by atoms with Crippen LogP contribution < -0.4 is 5.32 Å². The van der Waals surface area contributed by atoms with E-state index in [4.69, 9.17) is 11.6 Å². The van der Waals surface area contributed by atoms with Gasteiger partial charge < -0.3 is 5.32 Å². The monoisotopic (exact) mass is 355 g/mol. The molecule has 0 aliphatic rings. The van der Waals surface area contributed by atoms with Crippen molar-refractivity contribution in [3.05, 3.63) is 45.7 Å². The lowest BCUT2D eigenvalue weighted by Gasteiger charge is -2.09. The number of alkyl halides is 1. The van der Waals surface area contributed by atoms with Crippen LogP contribution >= 0.6 is 27.5 Å². The van der Waals surface area contributed by atoms with Crippen LogP contribution in [0, 0.1) is 0 Å². The van der Waals surface area contributed by atoms with Gasteiger partial charge in [0.1, 0.15) is 0 Å². The first kappa shape index (κ1) is 15.4. The Morgan fingerprint density at radius 3 is 2.50 bits per heavy atom. The van der Waals surface area contributed by atoms with Gasteiger partial charge in [0.25, 0.3) is 0 Å². The van der Waals surface area contributed by atoms with Crippen LogP contribution in [0.2, 0.25) is 0 Å². The normalized spacial score (nSPS) is 10.8. The van der Waals surface area contributed by atoms with Gasteiger partial charge in [-0.2, -0.15) is 5.10 Å². The average Bonchev–Trinajstić information content (AvgIpc) is 2.81. The zero-order valence-electron chi connectivity index (χ0n) is 11.8. The number of halogens is 2. The smallest absolute Gasteiger partial charge is 0.0767 e. The van der Waals surface area contributed by atoms with Crippen molar-refractivity contribution in [3.63, 3.8) is 0 Å². The molecular formula is C15H19BrClN3. The molecule has 5 heteroatoms. The standard InChI is InChI=1S/C15H19BrClN3/c1-3-13-15(16)14(20(4-2)19-13)10-18-12-7-5-11(9-17)6-8-12/h5-8,18H,3-4,9-10H2,1-2H3. The van der Waals surface area contributed by atoms with E-state index in [1.165, 1.54) is 5.69 Å². The van der Waals surface area contributed by atoms with Crippen molar-refractivity contribution >= 4 is 33.2 Å². The Hall–Kier alpha value is -1.000. The van der Waals surface area contributed by atoms with Crippen LogP contribution in [0.3, 0.4) is 0 Å². The van der Waals surface area contributed by atoms with Gasteiger partial charge in [0, 0.05) is 18.1 Å². The molecule has 0 bridgehead atoms. The maximum Gasteiger partial charge on any atom is 0.0767 e. The minimum absolute atomic E-state index is 0.550. The SMILES string of the molecule is CCc1nn(CC)c(CNc2ccc(CCl)cc2)c1Br.